The Balaban J connectivity index is 1.57. The summed E-state index contributed by atoms with van der Waals surface area (Å²) < 4.78 is 0. The molecule has 0 N–H and O–H groups in total. The van der Waals surface area contributed by atoms with Gasteiger partial charge in [-0.1, -0.05) is 48.5 Å². The van der Waals surface area contributed by atoms with Crippen molar-refractivity contribution < 1.29 is 0 Å². The summed E-state index contributed by atoms with van der Waals surface area (Å²) in [5.74, 6) is 1.00. The van der Waals surface area contributed by atoms with Crippen LogP contribution in [0.15, 0.2) is 78.9 Å². The summed E-state index contributed by atoms with van der Waals surface area (Å²) in [4.78, 5) is 13.5. The Hall–Kier alpha value is -4.07. The van der Waals surface area contributed by atoms with Crippen molar-refractivity contribution in [3.8, 4) is 51.1 Å². The van der Waals surface area contributed by atoms with Crippen molar-refractivity contribution in [3.63, 3.8) is 0 Å². The van der Waals surface area contributed by atoms with Gasteiger partial charge in [0.2, 0.25) is 5.28 Å². The molecular weight excluding hydrogens is 404 g/mol. The predicted molar refractivity (Wildman–Crippen MR) is 122 cm³/mol. The van der Waals surface area contributed by atoms with Crippen LogP contribution in [0.2, 0.25) is 5.28 Å². The lowest BCUT2D eigenvalue weighted by Crippen LogP contribution is -1.98. The number of hydrogen-bond donors (Lipinski definition) is 0. The number of fused-ring (bicyclic) bond motifs is 3. The van der Waals surface area contributed by atoms with Crippen molar-refractivity contribution in [2.75, 3.05) is 0 Å². The van der Waals surface area contributed by atoms with Gasteiger partial charge in [0.05, 0.1) is 11.6 Å². The second-order valence-electron chi connectivity index (χ2n) is 7.38. The number of hydrogen-bond acceptors (Lipinski definition) is 4. The molecule has 0 aliphatic heterocycles. The standard InChI is InChI=1S/C26H13ClN4/c27-26-30-24(16-10-8-15(14-28)9-11-16)29-25(31-26)22-13-12-21-18-5-2-1-4-17(18)19-6-3-7-20(22)23(19)21/h1-13H. The zero-order chi connectivity index (χ0) is 20.9. The maximum Gasteiger partial charge on any atom is 0.226 e. The topological polar surface area (TPSA) is 62.5 Å². The third kappa shape index (κ3) is 2.72. The van der Waals surface area contributed by atoms with Gasteiger partial charge in [-0.3, -0.25) is 0 Å². The molecule has 1 aliphatic rings. The molecule has 6 rings (SSSR count). The lowest BCUT2D eigenvalue weighted by atomic mass is 9.98. The van der Waals surface area contributed by atoms with E-state index in [0.717, 1.165) is 16.5 Å². The third-order valence-electron chi connectivity index (χ3n) is 5.67. The van der Waals surface area contributed by atoms with Crippen molar-refractivity contribution in [1.29, 1.82) is 5.26 Å². The van der Waals surface area contributed by atoms with Gasteiger partial charge in [-0.05, 0) is 75.0 Å². The molecule has 5 heteroatoms. The highest BCUT2D eigenvalue weighted by atomic mass is 35.5. The van der Waals surface area contributed by atoms with Crippen molar-refractivity contribution in [2.24, 2.45) is 0 Å². The third-order valence-corrected chi connectivity index (χ3v) is 5.84. The average molecular weight is 417 g/mol. The van der Waals surface area contributed by atoms with E-state index in [-0.39, 0.29) is 5.28 Å². The van der Waals surface area contributed by atoms with Crippen LogP contribution in [0.5, 0.6) is 0 Å². The first kappa shape index (κ1) is 17.8. The first-order valence-electron chi connectivity index (χ1n) is 9.81. The molecule has 0 radical (unpaired) electrons. The fraction of sp³-hybridized carbons (Fsp3) is 0. The van der Waals surface area contributed by atoms with Gasteiger partial charge < -0.3 is 0 Å². The molecule has 31 heavy (non-hydrogen) atoms. The number of rotatable bonds is 2. The van der Waals surface area contributed by atoms with Gasteiger partial charge in [-0.2, -0.15) is 15.2 Å². The zero-order valence-electron chi connectivity index (χ0n) is 16.2. The van der Waals surface area contributed by atoms with Crippen molar-refractivity contribution in [1.82, 2.24) is 15.0 Å². The summed E-state index contributed by atoms with van der Waals surface area (Å²) in [6, 6.07) is 28.2. The van der Waals surface area contributed by atoms with Crippen molar-refractivity contribution in [3.05, 3.63) is 89.7 Å². The fourth-order valence-corrected chi connectivity index (χ4v) is 4.46. The van der Waals surface area contributed by atoms with E-state index in [1.54, 1.807) is 12.1 Å². The second kappa shape index (κ2) is 6.73. The quantitative estimate of drug-likeness (QED) is 0.322. The van der Waals surface area contributed by atoms with Gasteiger partial charge in [0.1, 0.15) is 0 Å². The van der Waals surface area contributed by atoms with E-state index in [1.165, 1.54) is 27.6 Å². The lowest BCUT2D eigenvalue weighted by molar-refractivity contribution is 1.07. The second-order valence-corrected chi connectivity index (χ2v) is 7.71. The highest BCUT2D eigenvalue weighted by Crippen LogP contribution is 2.48. The minimum atomic E-state index is 0.135. The normalized spacial score (nSPS) is 11.4. The van der Waals surface area contributed by atoms with E-state index in [9.17, 15) is 0 Å². The van der Waals surface area contributed by atoms with E-state index < -0.39 is 0 Å². The summed E-state index contributed by atoms with van der Waals surface area (Å²) in [6.45, 7) is 0. The van der Waals surface area contributed by atoms with Crippen molar-refractivity contribution in [2.45, 2.75) is 0 Å². The van der Waals surface area contributed by atoms with Crippen molar-refractivity contribution >= 4 is 22.4 Å². The van der Waals surface area contributed by atoms with E-state index in [0.29, 0.717) is 17.2 Å². The van der Waals surface area contributed by atoms with E-state index in [4.69, 9.17) is 21.8 Å². The van der Waals surface area contributed by atoms with Gasteiger partial charge in [-0.25, -0.2) is 4.98 Å². The van der Waals surface area contributed by atoms with Gasteiger partial charge in [-0.15, -0.1) is 0 Å². The number of nitriles is 1. The predicted octanol–water partition coefficient (Wildman–Crippen LogP) is 6.53. The highest BCUT2D eigenvalue weighted by molar-refractivity contribution is 6.28. The summed E-state index contributed by atoms with van der Waals surface area (Å²) in [5.41, 5.74) is 7.20. The molecule has 0 unspecified atom stereocenters. The van der Waals surface area contributed by atoms with Crippen LogP contribution in [0, 0.1) is 11.3 Å². The molecular formula is C26H13ClN4. The lowest BCUT2D eigenvalue weighted by Gasteiger charge is -2.10. The first-order valence-corrected chi connectivity index (χ1v) is 10.2. The Morgan fingerprint density at radius 2 is 1.26 bits per heavy atom. The van der Waals surface area contributed by atoms with E-state index in [2.05, 4.69) is 70.6 Å². The Morgan fingerprint density at radius 1 is 0.613 bits per heavy atom. The van der Waals surface area contributed by atoms with Crippen LogP contribution in [0.1, 0.15) is 5.56 Å². The monoisotopic (exact) mass is 416 g/mol. The summed E-state index contributed by atoms with van der Waals surface area (Å²) in [5, 5.41) is 11.5. The largest absolute Gasteiger partial charge is 0.226 e. The number of nitrogens with zero attached hydrogens (tertiary/aromatic N) is 4. The number of halogens is 1. The van der Waals surface area contributed by atoms with E-state index >= 15 is 0 Å². The minimum Gasteiger partial charge on any atom is -0.208 e. The zero-order valence-corrected chi connectivity index (χ0v) is 16.9. The average Bonchev–Trinajstić information content (AvgIpc) is 3.15. The first-order chi connectivity index (χ1) is 15.2. The molecule has 0 amide bonds. The molecule has 0 spiro atoms. The summed E-state index contributed by atoms with van der Waals surface area (Å²) in [6.07, 6.45) is 0. The summed E-state index contributed by atoms with van der Waals surface area (Å²) >= 11 is 6.29. The van der Waals surface area contributed by atoms with Gasteiger partial charge in [0.25, 0.3) is 0 Å². The van der Waals surface area contributed by atoms with Crippen LogP contribution < -0.4 is 0 Å². The number of aromatic nitrogens is 3. The van der Waals surface area contributed by atoms with Gasteiger partial charge >= 0.3 is 0 Å². The molecule has 5 aromatic rings. The maximum absolute atomic E-state index is 9.04. The summed E-state index contributed by atoms with van der Waals surface area (Å²) in [7, 11) is 0. The number of benzene rings is 4. The van der Waals surface area contributed by atoms with Crippen LogP contribution in [0.3, 0.4) is 0 Å². The molecule has 0 saturated heterocycles. The molecule has 0 atom stereocenters. The molecule has 1 aliphatic carbocycles. The van der Waals surface area contributed by atoms with Gasteiger partial charge in [0.15, 0.2) is 11.6 Å². The molecule has 1 heterocycles. The van der Waals surface area contributed by atoms with Gasteiger partial charge in [0, 0.05) is 11.1 Å². The minimum absolute atomic E-state index is 0.135. The van der Waals surface area contributed by atoms with Crippen LogP contribution in [-0.2, 0) is 0 Å². The van der Waals surface area contributed by atoms with Crippen LogP contribution >= 0.6 is 11.6 Å². The Morgan fingerprint density at radius 3 is 2.00 bits per heavy atom. The molecule has 0 bridgehead atoms. The van der Waals surface area contributed by atoms with Crippen LogP contribution in [0.25, 0.3) is 55.8 Å². The SMILES string of the molecule is N#Cc1ccc(-c2nc(Cl)nc(-c3ccc4c5c(cccc35)-c3ccccc3-4)n2)cc1. The maximum atomic E-state index is 9.04. The smallest absolute Gasteiger partial charge is 0.208 e. The molecule has 4 nitrogen and oxygen atoms in total. The molecule has 144 valence electrons. The van der Waals surface area contributed by atoms with Crippen LogP contribution in [-0.4, -0.2) is 15.0 Å². The Kier molecular flexibility index (Phi) is 3.86. The molecule has 1 aromatic heterocycles. The molecule has 0 saturated carbocycles. The molecule has 4 aromatic carbocycles. The highest BCUT2D eigenvalue weighted by Gasteiger charge is 2.23. The Bertz CT molecular complexity index is 1520. The van der Waals surface area contributed by atoms with E-state index in [1.807, 2.05) is 12.1 Å². The molecule has 0 fully saturated rings. The fourth-order valence-electron chi connectivity index (χ4n) is 4.30. The van der Waals surface area contributed by atoms with Crippen LogP contribution in [0.4, 0.5) is 0 Å². The Labute approximate surface area is 183 Å².